The Labute approximate surface area is 155 Å². The Bertz CT molecular complexity index is 1070. The number of halogens is 1. The van der Waals surface area contributed by atoms with Gasteiger partial charge in [-0.05, 0) is 32.0 Å². The zero-order valence-corrected chi connectivity index (χ0v) is 15.2. The Hall–Kier alpha value is -2.92. The quantitative estimate of drug-likeness (QED) is 0.564. The molecule has 3 aromatic rings. The molecule has 5 nitrogen and oxygen atoms in total. The van der Waals surface area contributed by atoms with E-state index in [0.29, 0.717) is 22.5 Å². The number of fused-ring (bicyclic) bond motifs is 1. The van der Waals surface area contributed by atoms with Crippen LogP contribution in [0.3, 0.4) is 0 Å². The van der Waals surface area contributed by atoms with Crippen molar-refractivity contribution in [2.24, 2.45) is 5.10 Å². The molecule has 0 radical (unpaired) electrons. The van der Waals surface area contributed by atoms with Gasteiger partial charge in [-0.3, -0.25) is 9.59 Å². The molecular weight excluding hydrogens is 350 g/mol. The summed E-state index contributed by atoms with van der Waals surface area (Å²) in [6.07, 6.45) is 3.02. The van der Waals surface area contributed by atoms with Crippen LogP contribution in [0, 0.1) is 6.92 Å². The third-order valence-electron chi connectivity index (χ3n) is 4.10. The molecule has 0 saturated carbocycles. The Morgan fingerprint density at radius 3 is 2.77 bits per heavy atom. The number of hydrogen-bond donors (Lipinski definition) is 1. The second-order valence-corrected chi connectivity index (χ2v) is 6.31. The number of hydrogen-bond acceptors (Lipinski definition) is 3. The predicted octanol–water partition coefficient (Wildman–Crippen LogP) is 3.75. The van der Waals surface area contributed by atoms with E-state index in [9.17, 15) is 9.59 Å². The maximum Gasteiger partial charge on any atom is 0.276 e. The summed E-state index contributed by atoms with van der Waals surface area (Å²) >= 11 is 6.04. The topological polar surface area (TPSA) is 63.5 Å². The van der Waals surface area contributed by atoms with E-state index in [2.05, 4.69) is 10.5 Å². The van der Waals surface area contributed by atoms with Gasteiger partial charge in [0.15, 0.2) is 0 Å². The van der Waals surface area contributed by atoms with Crippen molar-refractivity contribution in [2.45, 2.75) is 20.4 Å². The van der Waals surface area contributed by atoms with Gasteiger partial charge in [0.1, 0.15) is 5.56 Å². The first-order valence-corrected chi connectivity index (χ1v) is 8.60. The third-order valence-corrected chi connectivity index (χ3v) is 4.44. The lowest BCUT2D eigenvalue weighted by Gasteiger charge is -2.11. The zero-order valence-electron chi connectivity index (χ0n) is 14.5. The van der Waals surface area contributed by atoms with Crippen LogP contribution < -0.4 is 10.9 Å². The van der Waals surface area contributed by atoms with Gasteiger partial charge in [-0.15, -0.1) is 0 Å². The highest BCUT2D eigenvalue weighted by Crippen LogP contribution is 2.14. The van der Waals surface area contributed by atoms with Crippen molar-refractivity contribution in [3.05, 3.63) is 80.6 Å². The molecule has 3 rings (SSSR count). The summed E-state index contributed by atoms with van der Waals surface area (Å²) < 4.78 is 1.88. The normalized spacial score (nSPS) is 11.2. The maximum atomic E-state index is 12.7. The Morgan fingerprint density at radius 2 is 2.04 bits per heavy atom. The number of nitrogens with zero attached hydrogens (tertiary/aromatic N) is 2. The maximum absolute atomic E-state index is 12.7. The van der Waals surface area contributed by atoms with Crippen molar-refractivity contribution in [1.29, 1.82) is 0 Å². The molecular formula is C20H18ClN3O2. The van der Waals surface area contributed by atoms with Crippen LogP contribution in [0.15, 0.2) is 58.6 Å². The fourth-order valence-corrected chi connectivity index (χ4v) is 2.92. The summed E-state index contributed by atoms with van der Waals surface area (Å²) in [5, 5.41) is 4.97. The van der Waals surface area contributed by atoms with Crippen LogP contribution in [-0.2, 0) is 6.54 Å². The average Bonchev–Trinajstić information content (AvgIpc) is 2.64. The molecule has 0 spiro atoms. The zero-order chi connectivity index (χ0) is 18.7. The van der Waals surface area contributed by atoms with Crippen molar-refractivity contribution in [1.82, 2.24) is 9.99 Å². The first kappa shape index (κ1) is 17.9. The monoisotopic (exact) mass is 367 g/mol. The van der Waals surface area contributed by atoms with Crippen LogP contribution in [0.5, 0.6) is 0 Å². The van der Waals surface area contributed by atoms with Crippen LogP contribution in [0.2, 0.25) is 5.02 Å². The first-order valence-electron chi connectivity index (χ1n) is 8.23. The molecule has 0 aliphatic carbocycles. The second kappa shape index (κ2) is 7.54. The van der Waals surface area contributed by atoms with Gasteiger partial charge >= 0.3 is 0 Å². The van der Waals surface area contributed by atoms with Crippen LogP contribution >= 0.6 is 11.6 Å². The van der Waals surface area contributed by atoms with Gasteiger partial charge < -0.3 is 4.57 Å². The first-order chi connectivity index (χ1) is 12.5. The molecule has 132 valence electrons. The molecule has 26 heavy (non-hydrogen) atoms. The summed E-state index contributed by atoms with van der Waals surface area (Å²) in [7, 11) is 0. The number of carbonyl (C=O) groups excluding carboxylic acids is 1. The molecule has 1 aromatic heterocycles. The highest BCUT2D eigenvalue weighted by molar-refractivity contribution is 6.33. The van der Waals surface area contributed by atoms with Crippen LogP contribution in [-0.4, -0.2) is 16.7 Å². The lowest BCUT2D eigenvalue weighted by atomic mass is 10.1. The number of aromatic nitrogens is 1. The molecule has 0 aliphatic rings. The van der Waals surface area contributed by atoms with Crippen molar-refractivity contribution in [2.75, 3.05) is 0 Å². The van der Waals surface area contributed by atoms with Crippen molar-refractivity contribution >= 4 is 34.6 Å². The van der Waals surface area contributed by atoms with E-state index in [0.717, 1.165) is 11.1 Å². The minimum Gasteiger partial charge on any atom is -0.347 e. The molecule has 0 atom stereocenters. The van der Waals surface area contributed by atoms with Gasteiger partial charge in [0.2, 0.25) is 5.43 Å². The second-order valence-electron chi connectivity index (χ2n) is 5.90. The molecule has 1 amide bonds. The summed E-state index contributed by atoms with van der Waals surface area (Å²) in [6, 6.07) is 12.8. The minimum absolute atomic E-state index is 0.0567. The lowest BCUT2D eigenvalue weighted by Crippen LogP contribution is -2.26. The van der Waals surface area contributed by atoms with Crippen molar-refractivity contribution in [3.8, 4) is 0 Å². The SMILES string of the molecule is CCn1cc(C(=O)N/N=C/c2ccccc2Cl)c(=O)c2cc(C)ccc21. The molecule has 6 heteroatoms. The number of amides is 1. The largest absolute Gasteiger partial charge is 0.347 e. The fourth-order valence-electron chi connectivity index (χ4n) is 2.74. The summed E-state index contributed by atoms with van der Waals surface area (Å²) in [6.45, 7) is 4.51. The van der Waals surface area contributed by atoms with E-state index in [1.807, 2.05) is 42.7 Å². The number of benzene rings is 2. The molecule has 0 aliphatic heterocycles. The predicted molar refractivity (Wildman–Crippen MR) is 105 cm³/mol. The van der Waals surface area contributed by atoms with Gasteiger partial charge in [0.05, 0.1) is 11.7 Å². The van der Waals surface area contributed by atoms with Gasteiger partial charge in [0.25, 0.3) is 5.91 Å². The minimum atomic E-state index is -0.552. The smallest absolute Gasteiger partial charge is 0.276 e. The molecule has 1 N–H and O–H groups in total. The Kier molecular flexibility index (Phi) is 5.19. The highest BCUT2D eigenvalue weighted by Gasteiger charge is 2.14. The summed E-state index contributed by atoms with van der Waals surface area (Å²) in [5.41, 5.74) is 4.60. The molecule has 0 saturated heterocycles. The number of hydrazone groups is 1. The summed E-state index contributed by atoms with van der Waals surface area (Å²) in [4.78, 5) is 25.2. The molecule has 0 bridgehead atoms. The Morgan fingerprint density at radius 1 is 1.27 bits per heavy atom. The van der Waals surface area contributed by atoms with Crippen LogP contribution in [0.25, 0.3) is 10.9 Å². The van der Waals surface area contributed by atoms with E-state index >= 15 is 0 Å². The highest BCUT2D eigenvalue weighted by atomic mass is 35.5. The van der Waals surface area contributed by atoms with Gasteiger partial charge in [-0.2, -0.15) is 5.10 Å². The van der Waals surface area contributed by atoms with Crippen molar-refractivity contribution in [3.63, 3.8) is 0 Å². The van der Waals surface area contributed by atoms with Crippen LogP contribution in [0.1, 0.15) is 28.4 Å². The molecule has 0 unspecified atom stereocenters. The molecule has 0 fully saturated rings. The third kappa shape index (κ3) is 3.53. The van der Waals surface area contributed by atoms with E-state index in [1.165, 1.54) is 6.21 Å². The van der Waals surface area contributed by atoms with Gasteiger partial charge in [-0.25, -0.2) is 5.43 Å². The lowest BCUT2D eigenvalue weighted by molar-refractivity contribution is 0.0953. The van der Waals surface area contributed by atoms with E-state index < -0.39 is 5.91 Å². The molecule has 2 aromatic carbocycles. The number of pyridine rings is 1. The van der Waals surface area contributed by atoms with E-state index in [4.69, 9.17) is 11.6 Å². The number of aryl methyl sites for hydroxylation is 2. The Balaban J connectivity index is 1.94. The van der Waals surface area contributed by atoms with E-state index in [-0.39, 0.29) is 11.0 Å². The number of carbonyl (C=O) groups is 1. The van der Waals surface area contributed by atoms with Crippen molar-refractivity contribution < 1.29 is 4.79 Å². The van der Waals surface area contributed by atoms with E-state index in [1.54, 1.807) is 24.4 Å². The van der Waals surface area contributed by atoms with Crippen LogP contribution in [0.4, 0.5) is 0 Å². The average molecular weight is 368 g/mol. The summed E-state index contributed by atoms with van der Waals surface area (Å²) in [5.74, 6) is -0.552. The van der Waals surface area contributed by atoms with Gasteiger partial charge in [-0.1, -0.05) is 41.4 Å². The number of rotatable bonds is 4. The standard InChI is InChI=1S/C20H18ClN3O2/c1-3-24-12-16(19(25)15-10-13(2)8-9-18(15)24)20(26)23-22-11-14-6-4-5-7-17(14)21/h4-12H,3H2,1-2H3,(H,23,26)/b22-11+. The number of nitrogens with one attached hydrogen (secondary N) is 1. The van der Waals surface area contributed by atoms with Gasteiger partial charge in [0, 0.05) is 28.7 Å². The fraction of sp³-hybridized carbons (Fsp3) is 0.150. The molecule has 1 heterocycles.